The van der Waals surface area contributed by atoms with Crippen molar-refractivity contribution in [2.75, 3.05) is 6.61 Å². The first-order valence-corrected chi connectivity index (χ1v) is 9.33. The Hall–Kier alpha value is -3.20. The molecule has 8 nitrogen and oxygen atoms in total. The lowest BCUT2D eigenvalue weighted by Crippen LogP contribution is -2.32. The highest BCUT2D eigenvalue weighted by molar-refractivity contribution is 9.10. The van der Waals surface area contributed by atoms with Gasteiger partial charge in [0.25, 0.3) is 11.6 Å². The van der Waals surface area contributed by atoms with Gasteiger partial charge in [-0.3, -0.25) is 14.9 Å². The zero-order valence-electron chi connectivity index (χ0n) is 14.5. The molecular weight excluding hydrogens is 428 g/mol. The lowest BCUT2D eigenvalue weighted by atomic mass is 10.0. The van der Waals surface area contributed by atoms with Gasteiger partial charge in [0.2, 0.25) is 0 Å². The Balaban J connectivity index is 1.51. The number of benzene rings is 2. The number of nitro benzene ring substituents is 1. The SMILES string of the molecule is O=C(NC1CCOc2ccc(Br)cc21)c1cnn(-c2ccc([N+](=O)[O-])cc2)c1. The monoisotopic (exact) mass is 442 g/mol. The molecule has 1 aliphatic heterocycles. The van der Waals surface area contributed by atoms with Crippen molar-refractivity contribution in [1.82, 2.24) is 15.1 Å². The van der Waals surface area contributed by atoms with Crippen LogP contribution >= 0.6 is 15.9 Å². The molecule has 1 amide bonds. The maximum Gasteiger partial charge on any atom is 0.269 e. The van der Waals surface area contributed by atoms with Gasteiger partial charge in [-0.15, -0.1) is 0 Å². The highest BCUT2D eigenvalue weighted by Crippen LogP contribution is 2.34. The summed E-state index contributed by atoms with van der Waals surface area (Å²) in [7, 11) is 0. The molecule has 28 heavy (non-hydrogen) atoms. The average Bonchev–Trinajstić information content (AvgIpc) is 3.19. The number of nitrogens with zero attached hydrogens (tertiary/aromatic N) is 3. The van der Waals surface area contributed by atoms with Crippen LogP contribution in [0.3, 0.4) is 0 Å². The minimum Gasteiger partial charge on any atom is -0.493 e. The van der Waals surface area contributed by atoms with Gasteiger partial charge in [0.05, 0.1) is 35.0 Å². The van der Waals surface area contributed by atoms with E-state index in [9.17, 15) is 14.9 Å². The van der Waals surface area contributed by atoms with Crippen molar-refractivity contribution < 1.29 is 14.5 Å². The van der Waals surface area contributed by atoms with Crippen LogP contribution in [0.4, 0.5) is 5.69 Å². The Bertz CT molecular complexity index is 1050. The van der Waals surface area contributed by atoms with E-state index in [4.69, 9.17) is 4.74 Å². The van der Waals surface area contributed by atoms with Crippen molar-refractivity contribution in [2.45, 2.75) is 12.5 Å². The largest absolute Gasteiger partial charge is 0.493 e. The number of hydrogen-bond donors (Lipinski definition) is 1. The number of aromatic nitrogens is 2. The molecule has 0 saturated heterocycles. The second-order valence-corrected chi connectivity index (χ2v) is 7.21. The predicted octanol–water partition coefficient (Wildman–Crippen LogP) is 3.80. The summed E-state index contributed by atoms with van der Waals surface area (Å²) in [5.41, 5.74) is 1.96. The first kappa shape index (κ1) is 18.2. The lowest BCUT2D eigenvalue weighted by Gasteiger charge is -2.26. The molecule has 142 valence electrons. The molecule has 0 aliphatic carbocycles. The van der Waals surface area contributed by atoms with Crippen LogP contribution in [-0.4, -0.2) is 27.2 Å². The Morgan fingerprint density at radius 1 is 1.29 bits per heavy atom. The summed E-state index contributed by atoms with van der Waals surface area (Å²) in [4.78, 5) is 23.0. The van der Waals surface area contributed by atoms with Gasteiger partial charge < -0.3 is 10.1 Å². The quantitative estimate of drug-likeness (QED) is 0.489. The van der Waals surface area contributed by atoms with E-state index in [-0.39, 0.29) is 17.6 Å². The van der Waals surface area contributed by atoms with Gasteiger partial charge in [0.15, 0.2) is 0 Å². The summed E-state index contributed by atoms with van der Waals surface area (Å²) in [5, 5.41) is 18.0. The lowest BCUT2D eigenvalue weighted by molar-refractivity contribution is -0.384. The molecule has 2 heterocycles. The van der Waals surface area contributed by atoms with Crippen LogP contribution in [0.5, 0.6) is 5.75 Å². The molecule has 1 aliphatic rings. The second-order valence-electron chi connectivity index (χ2n) is 6.29. The van der Waals surface area contributed by atoms with E-state index in [1.165, 1.54) is 23.0 Å². The first-order valence-electron chi connectivity index (χ1n) is 8.54. The van der Waals surface area contributed by atoms with E-state index >= 15 is 0 Å². The fourth-order valence-corrected chi connectivity index (χ4v) is 3.44. The summed E-state index contributed by atoms with van der Waals surface area (Å²) in [5.74, 6) is 0.521. The van der Waals surface area contributed by atoms with Crippen LogP contribution in [0.1, 0.15) is 28.4 Å². The van der Waals surface area contributed by atoms with Crippen LogP contribution in [-0.2, 0) is 0 Å². The van der Waals surface area contributed by atoms with Gasteiger partial charge in [0, 0.05) is 34.8 Å². The van der Waals surface area contributed by atoms with E-state index in [1.807, 2.05) is 18.2 Å². The molecule has 1 aromatic heterocycles. The molecule has 0 fully saturated rings. The number of nitro groups is 1. The molecule has 1 atom stereocenters. The van der Waals surface area contributed by atoms with Crippen LogP contribution in [0, 0.1) is 10.1 Å². The Labute approximate surface area is 168 Å². The fourth-order valence-electron chi connectivity index (χ4n) is 3.07. The first-order chi connectivity index (χ1) is 13.5. The zero-order valence-corrected chi connectivity index (χ0v) is 16.1. The molecule has 0 radical (unpaired) electrons. The van der Waals surface area contributed by atoms with Gasteiger partial charge in [-0.25, -0.2) is 4.68 Å². The fraction of sp³-hybridized carbons (Fsp3) is 0.158. The molecular formula is C19H15BrN4O4. The number of ether oxygens (including phenoxy) is 1. The summed E-state index contributed by atoms with van der Waals surface area (Å²) < 4.78 is 8.07. The maximum atomic E-state index is 12.7. The van der Waals surface area contributed by atoms with Crippen molar-refractivity contribution in [3.8, 4) is 11.4 Å². The van der Waals surface area contributed by atoms with Crippen molar-refractivity contribution in [3.05, 3.63) is 80.6 Å². The second kappa shape index (κ2) is 7.43. The van der Waals surface area contributed by atoms with Crippen LogP contribution in [0.25, 0.3) is 5.69 Å². The van der Waals surface area contributed by atoms with E-state index in [2.05, 4.69) is 26.3 Å². The highest BCUT2D eigenvalue weighted by atomic mass is 79.9. The standard InChI is InChI=1S/C19H15BrN4O4/c20-13-1-6-18-16(9-13)17(7-8-28-18)22-19(25)12-10-21-23(11-12)14-2-4-15(5-3-14)24(26)27/h1-6,9-11,17H,7-8H2,(H,22,25). The average molecular weight is 443 g/mol. The van der Waals surface area contributed by atoms with E-state index < -0.39 is 4.92 Å². The molecule has 0 spiro atoms. The Morgan fingerprint density at radius 3 is 2.82 bits per heavy atom. The minimum absolute atomic E-state index is 0.00165. The molecule has 0 bridgehead atoms. The predicted molar refractivity (Wildman–Crippen MR) is 105 cm³/mol. The van der Waals surface area contributed by atoms with Crippen LogP contribution in [0.2, 0.25) is 0 Å². The Kier molecular flexibility index (Phi) is 4.82. The van der Waals surface area contributed by atoms with Crippen molar-refractivity contribution >= 4 is 27.5 Å². The van der Waals surface area contributed by atoms with Gasteiger partial charge in [-0.05, 0) is 30.3 Å². The summed E-state index contributed by atoms with van der Waals surface area (Å²) in [6.07, 6.45) is 3.74. The third-order valence-corrected chi connectivity index (χ3v) is 4.98. The number of hydrogen-bond acceptors (Lipinski definition) is 5. The van der Waals surface area contributed by atoms with Crippen molar-refractivity contribution in [3.63, 3.8) is 0 Å². The van der Waals surface area contributed by atoms with Crippen LogP contribution in [0.15, 0.2) is 59.3 Å². The number of amides is 1. The topological polar surface area (TPSA) is 99.3 Å². The van der Waals surface area contributed by atoms with E-state index in [0.29, 0.717) is 24.3 Å². The van der Waals surface area contributed by atoms with Gasteiger partial charge in [0.1, 0.15) is 5.75 Å². The third kappa shape index (κ3) is 3.61. The molecule has 9 heteroatoms. The van der Waals surface area contributed by atoms with Crippen LogP contribution < -0.4 is 10.1 Å². The number of carbonyl (C=O) groups excluding carboxylic acids is 1. The van der Waals surface area contributed by atoms with E-state index in [1.54, 1.807) is 18.3 Å². The summed E-state index contributed by atoms with van der Waals surface area (Å²) >= 11 is 3.45. The molecule has 3 aromatic rings. The molecule has 1 unspecified atom stereocenters. The molecule has 4 rings (SSSR count). The summed E-state index contributed by atoms with van der Waals surface area (Å²) in [6.45, 7) is 0.529. The smallest absolute Gasteiger partial charge is 0.269 e. The Morgan fingerprint density at radius 2 is 2.07 bits per heavy atom. The van der Waals surface area contributed by atoms with Gasteiger partial charge in [-0.1, -0.05) is 15.9 Å². The number of halogens is 1. The molecule has 0 saturated carbocycles. The van der Waals surface area contributed by atoms with Gasteiger partial charge in [-0.2, -0.15) is 5.10 Å². The number of fused-ring (bicyclic) bond motifs is 1. The molecule has 2 aromatic carbocycles. The normalized spacial score (nSPS) is 15.4. The third-order valence-electron chi connectivity index (χ3n) is 4.49. The number of carbonyl (C=O) groups is 1. The van der Waals surface area contributed by atoms with Crippen molar-refractivity contribution in [1.29, 1.82) is 0 Å². The minimum atomic E-state index is -0.462. The molecule has 1 N–H and O–H groups in total. The van der Waals surface area contributed by atoms with E-state index in [0.717, 1.165) is 15.8 Å². The number of nitrogens with one attached hydrogen (secondary N) is 1. The maximum absolute atomic E-state index is 12.7. The highest BCUT2D eigenvalue weighted by Gasteiger charge is 2.24. The number of non-ortho nitro benzene ring substituents is 1. The number of rotatable bonds is 4. The van der Waals surface area contributed by atoms with Gasteiger partial charge >= 0.3 is 0 Å². The summed E-state index contributed by atoms with van der Waals surface area (Å²) in [6, 6.07) is 11.5. The van der Waals surface area contributed by atoms with Crippen molar-refractivity contribution in [2.24, 2.45) is 0 Å². The zero-order chi connectivity index (χ0) is 19.7.